The molecule has 33 heavy (non-hydrogen) atoms. The van der Waals surface area contributed by atoms with E-state index in [4.69, 9.17) is 4.74 Å². The van der Waals surface area contributed by atoms with Gasteiger partial charge < -0.3 is 19.9 Å². The van der Waals surface area contributed by atoms with E-state index >= 15 is 0 Å². The fourth-order valence-corrected chi connectivity index (χ4v) is 4.79. The summed E-state index contributed by atoms with van der Waals surface area (Å²) in [5.74, 6) is 0.0590. The molecule has 1 aliphatic heterocycles. The van der Waals surface area contributed by atoms with Gasteiger partial charge in [0.1, 0.15) is 5.60 Å². The SMILES string of the molecule is CN(C(=O)c1ccc2c(c1)CCC2NC(=O)OC(C)(C)C)C1CCN(c2ccncc2)CC1. The largest absolute Gasteiger partial charge is 0.444 e. The molecule has 1 unspecified atom stereocenters. The highest BCUT2D eigenvalue weighted by Crippen LogP contribution is 2.32. The van der Waals surface area contributed by atoms with Crippen LogP contribution in [-0.2, 0) is 11.2 Å². The van der Waals surface area contributed by atoms with E-state index in [0.29, 0.717) is 5.56 Å². The number of pyridine rings is 1. The Kier molecular flexibility index (Phi) is 6.58. The lowest BCUT2D eigenvalue weighted by Crippen LogP contribution is -2.45. The first kappa shape index (κ1) is 23.1. The molecule has 1 N–H and O–H groups in total. The number of ether oxygens (including phenoxy) is 1. The third-order valence-electron chi connectivity index (χ3n) is 6.52. The number of anilines is 1. The number of nitrogens with one attached hydrogen (secondary N) is 1. The van der Waals surface area contributed by atoms with Crippen molar-refractivity contribution in [1.29, 1.82) is 0 Å². The molecule has 0 radical (unpaired) electrons. The van der Waals surface area contributed by atoms with Gasteiger partial charge in [0.15, 0.2) is 0 Å². The average Bonchev–Trinajstić information content (AvgIpc) is 3.19. The van der Waals surface area contributed by atoms with Crippen LogP contribution in [0.2, 0.25) is 0 Å². The van der Waals surface area contributed by atoms with Gasteiger partial charge in [0, 0.05) is 49.8 Å². The zero-order chi connectivity index (χ0) is 23.6. The first-order valence-corrected chi connectivity index (χ1v) is 11.8. The summed E-state index contributed by atoms with van der Waals surface area (Å²) in [5, 5.41) is 2.97. The predicted molar refractivity (Wildman–Crippen MR) is 128 cm³/mol. The Morgan fingerprint density at radius 3 is 2.45 bits per heavy atom. The molecular formula is C26H34N4O3. The summed E-state index contributed by atoms with van der Waals surface area (Å²) in [6, 6.07) is 10.1. The van der Waals surface area contributed by atoms with Crippen molar-refractivity contribution in [2.24, 2.45) is 0 Å². The molecule has 2 heterocycles. The van der Waals surface area contributed by atoms with E-state index in [1.165, 1.54) is 5.69 Å². The highest BCUT2D eigenvalue weighted by atomic mass is 16.6. The Bertz CT molecular complexity index is 994. The van der Waals surface area contributed by atoms with E-state index in [1.807, 2.05) is 75.4 Å². The number of aryl methyl sites for hydroxylation is 1. The molecule has 1 atom stereocenters. The molecular weight excluding hydrogens is 416 g/mol. The van der Waals surface area contributed by atoms with E-state index < -0.39 is 11.7 Å². The van der Waals surface area contributed by atoms with Crippen LogP contribution in [-0.4, -0.2) is 53.7 Å². The number of piperidine rings is 1. The summed E-state index contributed by atoms with van der Waals surface area (Å²) >= 11 is 0. The second-order valence-electron chi connectivity index (χ2n) is 9.99. The molecule has 0 bridgehead atoms. The number of rotatable bonds is 4. The molecule has 0 saturated carbocycles. The fourth-order valence-electron chi connectivity index (χ4n) is 4.79. The average molecular weight is 451 g/mol. The smallest absolute Gasteiger partial charge is 0.408 e. The van der Waals surface area contributed by atoms with Gasteiger partial charge in [0.05, 0.1) is 6.04 Å². The normalized spacial score (nSPS) is 18.5. The van der Waals surface area contributed by atoms with Crippen molar-refractivity contribution in [3.8, 4) is 0 Å². The van der Waals surface area contributed by atoms with Crippen molar-refractivity contribution in [2.45, 2.75) is 64.1 Å². The van der Waals surface area contributed by atoms with Crippen molar-refractivity contribution in [3.63, 3.8) is 0 Å². The Morgan fingerprint density at radius 2 is 1.79 bits per heavy atom. The van der Waals surface area contributed by atoms with Gasteiger partial charge in [-0.15, -0.1) is 0 Å². The summed E-state index contributed by atoms with van der Waals surface area (Å²) < 4.78 is 5.39. The standard InChI is InChI=1S/C26H34N4O3/c1-26(2,3)33-25(32)28-23-8-6-18-17-19(5-7-22(18)23)24(31)29(4)20-11-15-30(16-12-20)21-9-13-27-14-10-21/h5,7,9-10,13-14,17,20,23H,6,8,11-12,15-16H2,1-4H3,(H,28,32). The second-order valence-corrected chi connectivity index (χ2v) is 9.99. The third-order valence-corrected chi connectivity index (χ3v) is 6.52. The molecule has 2 aliphatic rings. The number of aromatic nitrogens is 1. The van der Waals surface area contributed by atoms with Crippen LogP contribution in [0.25, 0.3) is 0 Å². The van der Waals surface area contributed by atoms with Crippen LogP contribution in [0.4, 0.5) is 10.5 Å². The van der Waals surface area contributed by atoms with E-state index in [-0.39, 0.29) is 18.0 Å². The summed E-state index contributed by atoms with van der Waals surface area (Å²) in [4.78, 5) is 33.7. The number of carbonyl (C=O) groups excluding carboxylic acids is 2. The van der Waals surface area contributed by atoms with E-state index in [0.717, 1.165) is 49.9 Å². The van der Waals surface area contributed by atoms with Crippen molar-refractivity contribution in [2.75, 3.05) is 25.0 Å². The Hall–Kier alpha value is -3.09. The zero-order valence-electron chi connectivity index (χ0n) is 20.0. The lowest BCUT2D eigenvalue weighted by atomic mass is 10.0. The van der Waals surface area contributed by atoms with Gasteiger partial charge in [-0.25, -0.2) is 4.79 Å². The maximum atomic E-state index is 13.2. The van der Waals surface area contributed by atoms with Crippen LogP contribution in [0.3, 0.4) is 0 Å². The van der Waals surface area contributed by atoms with Gasteiger partial charge in [-0.1, -0.05) is 6.07 Å². The monoisotopic (exact) mass is 450 g/mol. The molecule has 2 amide bonds. The predicted octanol–water partition coefficient (Wildman–Crippen LogP) is 4.33. The fraction of sp³-hybridized carbons (Fsp3) is 0.500. The Balaban J connectivity index is 1.36. The first-order chi connectivity index (χ1) is 15.7. The number of fused-ring (bicyclic) bond motifs is 1. The van der Waals surface area contributed by atoms with Crippen LogP contribution >= 0.6 is 0 Å². The van der Waals surface area contributed by atoms with Crippen LogP contribution in [0.1, 0.15) is 67.6 Å². The highest BCUT2D eigenvalue weighted by molar-refractivity contribution is 5.94. The maximum absolute atomic E-state index is 13.2. The van der Waals surface area contributed by atoms with Gasteiger partial charge in [0.25, 0.3) is 5.91 Å². The minimum absolute atomic E-state index is 0.0590. The van der Waals surface area contributed by atoms with E-state index in [1.54, 1.807) is 0 Å². The molecule has 1 aromatic carbocycles. The summed E-state index contributed by atoms with van der Waals surface area (Å²) in [6.07, 6.45) is 6.77. The van der Waals surface area contributed by atoms with Gasteiger partial charge in [-0.3, -0.25) is 9.78 Å². The van der Waals surface area contributed by atoms with E-state index in [9.17, 15) is 9.59 Å². The van der Waals surface area contributed by atoms with Gasteiger partial charge in [0.2, 0.25) is 0 Å². The van der Waals surface area contributed by atoms with Crippen LogP contribution in [0, 0.1) is 0 Å². The number of benzene rings is 1. The first-order valence-electron chi connectivity index (χ1n) is 11.8. The molecule has 1 aromatic heterocycles. The van der Waals surface area contributed by atoms with Crippen molar-refractivity contribution in [1.82, 2.24) is 15.2 Å². The van der Waals surface area contributed by atoms with Crippen LogP contribution < -0.4 is 10.2 Å². The molecule has 1 saturated heterocycles. The second kappa shape index (κ2) is 9.41. The van der Waals surface area contributed by atoms with Crippen LogP contribution in [0.5, 0.6) is 0 Å². The molecule has 176 valence electrons. The van der Waals surface area contributed by atoms with Crippen LogP contribution in [0.15, 0.2) is 42.7 Å². The Labute approximate surface area is 196 Å². The zero-order valence-corrected chi connectivity index (χ0v) is 20.0. The number of alkyl carbamates (subject to hydrolysis) is 1. The van der Waals surface area contributed by atoms with Crippen molar-refractivity contribution < 1.29 is 14.3 Å². The molecule has 1 fully saturated rings. The van der Waals surface area contributed by atoms with E-state index in [2.05, 4.69) is 15.2 Å². The topological polar surface area (TPSA) is 74.8 Å². The minimum atomic E-state index is -0.527. The summed E-state index contributed by atoms with van der Waals surface area (Å²) in [6.45, 7) is 7.41. The Morgan fingerprint density at radius 1 is 1.09 bits per heavy atom. The summed E-state index contributed by atoms with van der Waals surface area (Å²) in [5.41, 5.74) is 3.57. The molecule has 7 heteroatoms. The number of carbonyl (C=O) groups is 2. The van der Waals surface area contributed by atoms with Gasteiger partial charge >= 0.3 is 6.09 Å². The quantitative estimate of drug-likeness (QED) is 0.750. The number of amides is 2. The van der Waals surface area contributed by atoms with Gasteiger partial charge in [-0.05, 0) is 81.8 Å². The number of hydrogen-bond acceptors (Lipinski definition) is 5. The molecule has 1 aliphatic carbocycles. The molecule has 7 nitrogen and oxygen atoms in total. The lowest BCUT2D eigenvalue weighted by Gasteiger charge is -2.37. The van der Waals surface area contributed by atoms with Crippen molar-refractivity contribution in [3.05, 3.63) is 59.4 Å². The van der Waals surface area contributed by atoms with Gasteiger partial charge in [-0.2, -0.15) is 0 Å². The molecule has 0 spiro atoms. The summed E-state index contributed by atoms with van der Waals surface area (Å²) in [7, 11) is 1.91. The highest BCUT2D eigenvalue weighted by Gasteiger charge is 2.29. The lowest BCUT2D eigenvalue weighted by molar-refractivity contribution is 0.0503. The number of nitrogens with zero attached hydrogens (tertiary/aromatic N) is 3. The maximum Gasteiger partial charge on any atom is 0.408 e. The number of hydrogen-bond donors (Lipinski definition) is 1. The molecule has 2 aromatic rings. The molecule has 4 rings (SSSR count). The minimum Gasteiger partial charge on any atom is -0.444 e. The third kappa shape index (κ3) is 5.46. The van der Waals surface area contributed by atoms with Crippen molar-refractivity contribution >= 4 is 17.7 Å².